The topological polar surface area (TPSA) is 77.1 Å². The molecule has 1 heterocycles. The van der Waals surface area contributed by atoms with E-state index in [-0.39, 0.29) is 23.3 Å². The van der Waals surface area contributed by atoms with Crippen LogP contribution in [0, 0.1) is 12.3 Å². The summed E-state index contributed by atoms with van der Waals surface area (Å²) >= 11 is 0. The Morgan fingerprint density at radius 2 is 1.72 bits per heavy atom. The maximum absolute atomic E-state index is 14.2. The van der Waals surface area contributed by atoms with E-state index < -0.39 is 18.3 Å². The summed E-state index contributed by atoms with van der Waals surface area (Å²) in [5.41, 5.74) is 5.33. The second kappa shape index (κ2) is 11.3. The van der Waals surface area contributed by atoms with Crippen molar-refractivity contribution in [3.05, 3.63) is 64.2 Å². The molecule has 1 aromatic rings. The molecule has 0 aromatic heterocycles. The molecule has 2 amide bonds. The van der Waals surface area contributed by atoms with Gasteiger partial charge in [0.1, 0.15) is 5.75 Å². The summed E-state index contributed by atoms with van der Waals surface area (Å²) in [7, 11) is 1.06. The Balaban J connectivity index is 1.93. The number of rotatable bonds is 6. The molecular formula is C31H45BN2O5. The lowest BCUT2D eigenvalue weighted by molar-refractivity contribution is -0.135. The number of nitrogens with zero attached hydrogens (tertiary/aromatic N) is 1. The molecule has 212 valence electrons. The van der Waals surface area contributed by atoms with E-state index in [1.165, 1.54) is 5.01 Å². The first kappa shape index (κ1) is 30.7. The zero-order valence-electron chi connectivity index (χ0n) is 25.5. The van der Waals surface area contributed by atoms with Crippen LogP contribution < -0.4 is 10.2 Å². The molecule has 1 saturated heterocycles. The Bertz CT molecular complexity index is 1190. The van der Waals surface area contributed by atoms with Crippen LogP contribution in [0.3, 0.4) is 0 Å². The number of allylic oxidation sites excluding steroid dienone is 5. The van der Waals surface area contributed by atoms with Gasteiger partial charge in [-0.05, 0) is 77.4 Å². The van der Waals surface area contributed by atoms with Gasteiger partial charge < -0.3 is 14.0 Å². The van der Waals surface area contributed by atoms with Gasteiger partial charge in [0.2, 0.25) is 0 Å². The average molecular weight is 537 g/mol. The zero-order chi connectivity index (χ0) is 29.3. The van der Waals surface area contributed by atoms with E-state index in [2.05, 4.69) is 26.2 Å². The lowest BCUT2D eigenvalue weighted by atomic mass is 9.77. The number of hydrogen-bond donors (Lipinski definition) is 1. The maximum atomic E-state index is 14.2. The molecule has 1 N–H and O–H groups in total. The Morgan fingerprint density at radius 3 is 2.26 bits per heavy atom. The van der Waals surface area contributed by atoms with Gasteiger partial charge in [-0.15, -0.1) is 0 Å². The summed E-state index contributed by atoms with van der Waals surface area (Å²) in [6.45, 7) is 20.2. The van der Waals surface area contributed by atoms with Gasteiger partial charge in [-0.1, -0.05) is 57.6 Å². The fraction of sp³-hybridized carbons (Fsp3) is 0.548. The molecule has 0 unspecified atom stereocenters. The molecule has 1 aliphatic heterocycles. The highest BCUT2D eigenvalue weighted by Crippen LogP contribution is 2.39. The summed E-state index contributed by atoms with van der Waals surface area (Å²) in [6.07, 6.45) is 6.95. The van der Waals surface area contributed by atoms with Crippen LogP contribution in [0.5, 0.6) is 5.75 Å². The molecule has 0 saturated carbocycles. The van der Waals surface area contributed by atoms with Crippen LogP contribution in [-0.4, -0.2) is 48.3 Å². The van der Waals surface area contributed by atoms with Gasteiger partial charge in [0.15, 0.2) is 0 Å². The van der Waals surface area contributed by atoms with Crippen molar-refractivity contribution in [1.29, 1.82) is 0 Å². The maximum Gasteiger partial charge on any atom is 0.494 e. The fourth-order valence-electron chi connectivity index (χ4n) is 5.08. The summed E-state index contributed by atoms with van der Waals surface area (Å²) in [5, 5.41) is 1.52. The van der Waals surface area contributed by atoms with Crippen LogP contribution in [0.25, 0.3) is 0 Å². The second-order valence-electron chi connectivity index (χ2n) is 12.6. The number of methoxy groups -OCH3 is 1. The predicted molar refractivity (Wildman–Crippen MR) is 156 cm³/mol. The van der Waals surface area contributed by atoms with Crippen molar-refractivity contribution in [2.75, 3.05) is 7.11 Å². The van der Waals surface area contributed by atoms with Crippen molar-refractivity contribution < 1.29 is 23.6 Å². The third-order valence-corrected chi connectivity index (χ3v) is 8.04. The van der Waals surface area contributed by atoms with Crippen molar-refractivity contribution in [3.8, 4) is 5.75 Å². The van der Waals surface area contributed by atoms with E-state index in [0.717, 1.165) is 16.6 Å². The Hall–Kier alpha value is -2.84. The molecule has 1 aliphatic carbocycles. The van der Waals surface area contributed by atoms with E-state index in [9.17, 15) is 9.59 Å². The molecule has 8 heteroatoms. The van der Waals surface area contributed by atoms with E-state index in [1.54, 1.807) is 19.2 Å². The number of amides is 2. The van der Waals surface area contributed by atoms with Crippen molar-refractivity contribution in [3.63, 3.8) is 0 Å². The van der Waals surface area contributed by atoms with Crippen LogP contribution in [0.4, 0.5) is 0 Å². The van der Waals surface area contributed by atoms with E-state index >= 15 is 0 Å². The highest BCUT2D eigenvalue weighted by molar-refractivity contribution is 6.55. The Labute approximate surface area is 234 Å². The van der Waals surface area contributed by atoms with Crippen LogP contribution in [0.1, 0.15) is 91.1 Å². The number of carbonyl (C=O) groups excluding carboxylic acids is 2. The average Bonchev–Trinajstić information content (AvgIpc) is 2.95. The van der Waals surface area contributed by atoms with Gasteiger partial charge in [0.25, 0.3) is 11.8 Å². The quantitative estimate of drug-likeness (QED) is 0.349. The standard InChI is InChI=1S/C31H45BN2O5/c1-12-26(29(4,5)6)34(33-27(35)24-14-13-15-25(37-11)21(24)3)28(36)22-16-17-23(19-20(2)18-22)32-38-30(7,8)31(9,10)39-32/h13-15,17-19,26H,12,16H2,1-11H3,(H,33,35)/t26-/m1/s1. The molecule has 2 aliphatic rings. The molecule has 1 aromatic carbocycles. The lowest BCUT2D eigenvalue weighted by Crippen LogP contribution is -2.56. The van der Waals surface area contributed by atoms with Crippen LogP contribution >= 0.6 is 0 Å². The Morgan fingerprint density at radius 1 is 1.10 bits per heavy atom. The van der Waals surface area contributed by atoms with E-state index in [4.69, 9.17) is 14.0 Å². The second-order valence-corrected chi connectivity index (χ2v) is 12.6. The number of ether oxygens (including phenoxy) is 1. The minimum absolute atomic E-state index is 0.232. The number of hydrogen-bond acceptors (Lipinski definition) is 5. The third kappa shape index (κ3) is 6.50. The molecule has 7 nitrogen and oxygen atoms in total. The Kier molecular flexibility index (Phi) is 8.93. The first-order valence-corrected chi connectivity index (χ1v) is 13.7. The fourth-order valence-corrected chi connectivity index (χ4v) is 5.08. The highest BCUT2D eigenvalue weighted by Gasteiger charge is 2.52. The van der Waals surface area contributed by atoms with Gasteiger partial charge in [-0.2, -0.15) is 0 Å². The van der Waals surface area contributed by atoms with Gasteiger partial charge in [-0.25, -0.2) is 5.01 Å². The number of benzene rings is 1. The summed E-state index contributed by atoms with van der Waals surface area (Å²) in [5.74, 6) is 0.0400. The van der Waals surface area contributed by atoms with E-state index in [0.29, 0.717) is 29.7 Å². The third-order valence-electron chi connectivity index (χ3n) is 8.04. The molecule has 0 radical (unpaired) electrons. The summed E-state index contributed by atoms with van der Waals surface area (Å²) < 4.78 is 17.9. The largest absolute Gasteiger partial charge is 0.496 e. The van der Waals surface area contributed by atoms with Gasteiger partial charge in [0.05, 0.1) is 24.4 Å². The molecule has 39 heavy (non-hydrogen) atoms. The smallest absolute Gasteiger partial charge is 0.494 e. The van der Waals surface area contributed by atoms with Gasteiger partial charge in [0, 0.05) is 16.7 Å². The number of carbonyl (C=O) groups is 2. The zero-order valence-corrected chi connectivity index (χ0v) is 25.5. The SMILES string of the molecule is CC[C@@H](N(NC(=O)c1cccc(OC)c1C)C(=O)C1=CC(C)=CC(B2OC(C)(C)C(C)(C)O2)=CC1)C(C)(C)C. The molecule has 0 spiro atoms. The molecular weight excluding hydrogens is 491 g/mol. The van der Waals surface area contributed by atoms with Gasteiger partial charge in [-0.3, -0.25) is 15.0 Å². The minimum Gasteiger partial charge on any atom is -0.496 e. The first-order chi connectivity index (χ1) is 18.0. The minimum atomic E-state index is -0.516. The van der Waals surface area contributed by atoms with Gasteiger partial charge >= 0.3 is 7.12 Å². The van der Waals surface area contributed by atoms with Crippen LogP contribution in [0.2, 0.25) is 0 Å². The van der Waals surface area contributed by atoms with Crippen molar-refractivity contribution in [2.24, 2.45) is 5.41 Å². The summed E-state index contributed by atoms with van der Waals surface area (Å²) in [6, 6.07) is 5.09. The molecule has 0 bridgehead atoms. The van der Waals surface area contributed by atoms with Crippen LogP contribution in [-0.2, 0) is 14.1 Å². The van der Waals surface area contributed by atoms with Crippen molar-refractivity contribution in [2.45, 2.75) is 99.3 Å². The number of hydrazine groups is 1. The monoisotopic (exact) mass is 536 g/mol. The van der Waals surface area contributed by atoms with Crippen LogP contribution in [0.15, 0.2) is 53.0 Å². The van der Waals surface area contributed by atoms with E-state index in [1.807, 2.05) is 72.8 Å². The molecule has 1 fully saturated rings. The summed E-state index contributed by atoms with van der Waals surface area (Å²) in [4.78, 5) is 27.7. The van der Waals surface area contributed by atoms with Crippen molar-refractivity contribution >= 4 is 18.9 Å². The highest BCUT2D eigenvalue weighted by atomic mass is 16.7. The predicted octanol–water partition coefficient (Wildman–Crippen LogP) is 6.14. The first-order valence-electron chi connectivity index (χ1n) is 13.7. The molecule has 1 atom stereocenters. The van der Waals surface area contributed by atoms with Crippen molar-refractivity contribution in [1.82, 2.24) is 10.4 Å². The lowest BCUT2D eigenvalue weighted by Gasteiger charge is -2.40. The molecule has 3 rings (SSSR count). The normalized spacial score (nSPS) is 19.4. The number of nitrogens with one attached hydrogen (secondary N) is 1.